The quantitative estimate of drug-likeness (QED) is 0.749. The molecule has 3 aromatic rings. The Balaban J connectivity index is 2.23. The first kappa shape index (κ1) is 11.7. The summed E-state index contributed by atoms with van der Waals surface area (Å²) in [7, 11) is 1.57. The SMILES string of the molecule is COc1ccc(-c2nc(N)nc3[nH]ncc23)cc1Cl. The number of methoxy groups -OCH3 is 1. The number of rotatable bonds is 2. The van der Waals surface area contributed by atoms with Gasteiger partial charge in [0.05, 0.1) is 29.4 Å². The number of nitrogen functional groups attached to an aromatic ring is 1. The van der Waals surface area contributed by atoms with Crippen LogP contribution in [0.4, 0.5) is 5.95 Å². The van der Waals surface area contributed by atoms with Crippen molar-refractivity contribution in [2.24, 2.45) is 0 Å². The monoisotopic (exact) mass is 275 g/mol. The van der Waals surface area contributed by atoms with Gasteiger partial charge in [-0.15, -0.1) is 0 Å². The van der Waals surface area contributed by atoms with E-state index in [0.717, 1.165) is 10.9 Å². The Kier molecular flexibility index (Phi) is 2.72. The lowest BCUT2D eigenvalue weighted by molar-refractivity contribution is 0.415. The highest BCUT2D eigenvalue weighted by molar-refractivity contribution is 6.32. The van der Waals surface area contributed by atoms with E-state index in [0.29, 0.717) is 22.1 Å². The number of fused-ring (bicyclic) bond motifs is 1. The van der Waals surface area contributed by atoms with E-state index in [4.69, 9.17) is 22.1 Å². The minimum Gasteiger partial charge on any atom is -0.495 e. The molecule has 7 heteroatoms. The van der Waals surface area contributed by atoms with E-state index in [1.165, 1.54) is 0 Å². The van der Waals surface area contributed by atoms with Gasteiger partial charge < -0.3 is 10.5 Å². The van der Waals surface area contributed by atoms with E-state index in [9.17, 15) is 0 Å². The van der Waals surface area contributed by atoms with Crippen LogP contribution >= 0.6 is 11.6 Å². The smallest absolute Gasteiger partial charge is 0.222 e. The molecule has 0 atom stereocenters. The molecular weight excluding hydrogens is 266 g/mol. The second-order valence-electron chi connectivity index (χ2n) is 3.91. The molecule has 3 rings (SSSR count). The molecule has 1 aromatic carbocycles. The van der Waals surface area contributed by atoms with Gasteiger partial charge in [0.2, 0.25) is 5.95 Å². The maximum absolute atomic E-state index is 6.12. The molecule has 0 bridgehead atoms. The Hall–Kier alpha value is -2.34. The summed E-state index contributed by atoms with van der Waals surface area (Å²) >= 11 is 6.12. The van der Waals surface area contributed by atoms with Gasteiger partial charge in [0.1, 0.15) is 5.75 Å². The van der Waals surface area contributed by atoms with Crippen LogP contribution in [0.3, 0.4) is 0 Å². The maximum atomic E-state index is 6.12. The average Bonchev–Trinajstić information content (AvgIpc) is 2.85. The normalized spacial score (nSPS) is 10.8. The topological polar surface area (TPSA) is 89.7 Å². The van der Waals surface area contributed by atoms with Gasteiger partial charge in [-0.1, -0.05) is 11.6 Å². The van der Waals surface area contributed by atoms with Crippen molar-refractivity contribution >= 4 is 28.6 Å². The number of halogens is 1. The van der Waals surface area contributed by atoms with E-state index in [2.05, 4.69) is 20.2 Å². The largest absolute Gasteiger partial charge is 0.495 e. The van der Waals surface area contributed by atoms with E-state index in [1.807, 2.05) is 6.07 Å². The number of nitrogens with zero attached hydrogens (tertiary/aromatic N) is 3. The van der Waals surface area contributed by atoms with Crippen LogP contribution in [0.15, 0.2) is 24.4 Å². The lowest BCUT2D eigenvalue weighted by atomic mass is 10.1. The number of H-pyrrole nitrogens is 1. The summed E-state index contributed by atoms with van der Waals surface area (Å²) in [5, 5.41) is 8.01. The number of benzene rings is 1. The van der Waals surface area contributed by atoms with Gasteiger partial charge >= 0.3 is 0 Å². The summed E-state index contributed by atoms with van der Waals surface area (Å²) in [6.45, 7) is 0. The maximum Gasteiger partial charge on any atom is 0.222 e. The Morgan fingerprint density at radius 1 is 1.32 bits per heavy atom. The molecule has 0 spiro atoms. The molecular formula is C12H10ClN5O. The molecule has 0 aliphatic heterocycles. The summed E-state index contributed by atoms with van der Waals surface area (Å²) in [5.74, 6) is 0.787. The van der Waals surface area contributed by atoms with Crippen molar-refractivity contribution in [1.82, 2.24) is 20.2 Å². The van der Waals surface area contributed by atoms with E-state index < -0.39 is 0 Å². The lowest BCUT2D eigenvalue weighted by Crippen LogP contribution is -1.97. The highest BCUT2D eigenvalue weighted by Gasteiger charge is 2.12. The number of ether oxygens (including phenoxy) is 1. The van der Waals surface area contributed by atoms with Crippen LogP contribution in [0.5, 0.6) is 5.75 Å². The van der Waals surface area contributed by atoms with Gasteiger partial charge in [-0.2, -0.15) is 10.1 Å². The standard InChI is InChI=1S/C12H10ClN5O/c1-19-9-3-2-6(4-8(9)13)10-7-5-15-18-11(7)17-12(14)16-10/h2-5H,1H3,(H3,14,15,16,17,18). The van der Waals surface area contributed by atoms with Crippen LogP contribution < -0.4 is 10.5 Å². The highest BCUT2D eigenvalue weighted by atomic mass is 35.5. The molecule has 3 N–H and O–H groups in total. The van der Waals surface area contributed by atoms with Gasteiger partial charge in [-0.05, 0) is 18.2 Å². The number of aromatic amines is 1. The van der Waals surface area contributed by atoms with Gasteiger partial charge in [-0.3, -0.25) is 5.10 Å². The Morgan fingerprint density at radius 3 is 2.89 bits per heavy atom. The molecule has 2 aromatic heterocycles. The van der Waals surface area contributed by atoms with Crippen LogP contribution in [-0.2, 0) is 0 Å². The third kappa shape index (κ3) is 1.96. The minimum atomic E-state index is 0.179. The first-order valence-electron chi connectivity index (χ1n) is 5.49. The fraction of sp³-hybridized carbons (Fsp3) is 0.0833. The molecule has 19 heavy (non-hydrogen) atoms. The molecule has 96 valence electrons. The molecule has 0 saturated heterocycles. The van der Waals surface area contributed by atoms with Crippen molar-refractivity contribution in [3.63, 3.8) is 0 Å². The van der Waals surface area contributed by atoms with Crippen LogP contribution in [0.25, 0.3) is 22.3 Å². The summed E-state index contributed by atoms with van der Waals surface area (Å²) in [4.78, 5) is 8.32. The second-order valence-corrected chi connectivity index (χ2v) is 4.32. The molecule has 0 radical (unpaired) electrons. The molecule has 0 unspecified atom stereocenters. The van der Waals surface area contributed by atoms with Crippen molar-refractivity contribution in [2.45, 2.75) is 0 Å². The summed E-state index contributed by atoms with van der Waals surface area (Å²) in [6.07, 6.45) is 1.66. The molecule has 2 heterocycles. The molecule has 0 fully saturated rings. The van der Waals surface area contributed by atoms with Crippen molar-refractivity contribution in [1.29, 1.82) is 0 Å². The van der Waals surface area contributed by atoms with Crippen molar-refractivity contribution in [3.8, 4) is 17.0 Å². The number of nitrogens with two attached hydrogens (primary N) is 1. The highest BCUT2D eigenvalue weighted by Crippen LogP contribution is 2.32. The fourth-order valence-corrected chi connectivity index (χ4v) is 2.14. The van der Waals surface area contributed by atoms with Crippen LogP contribution in [0, 0.1) is 0 Å². The summed E-state index contributed by atoms with van der Waals surface area (Å²) in [6, 6.07) is 5.41. The Bertz CT molecular complexity index is 755. The fourth-order valence-electron chi connectivity index (χ4n) is 1.89. The van der Waals surface area contributed by atoms with Crippen molar-refractivity contribution < 1.29 is 4.74 Å². The zero-order valence-corrected chi connectivity index (χ0v) is 10.8. The van der Waals surface area contributed by atoms with Crippen LogP contribution in [0.2, 0.25) is 5.02 Å². The molecule has 0 amide bonds. The zero-order valence-electron chi connectivity index (χ0n) is 10.0. The van der Waals surface area contributed by atoms with Gasteiger partial charge in [0, 0.05) is 5.56 Å². The first-order valence-corrected chi connectivity index (χ1v) is 5.87. The average molecular weight is 276 g/mol. The van der Waals surface area contributed by atoms with Crippen molar-refractivity contribution in [3.05, 3.63) is 29.4 Å². The lowest BCUT2D eigenvalue weighted by Gasteiger charge is -2.07. The molecule has 6 nitrogen and oxygen atoms in total. The Morgan fingerprint density at radius 2 is 2.16 bits per heavy atom. The number of hydrogen-bond donors (Lipinski definition) is 2. The summed E-state index contributed by atoms with van der Waals surface area (Å²) < 4.78 is 5.12. The predicted octanol–water partition coefficient (Wildman–Crippen LogP) is 2.26. The first-order chi connectivity index (χ1) is 9.19. The van der Waals surface area contributed by atoms with Crippen LogP contribution in [0.1, 0.15) is 0 Å². The molecule has 0 aliphatic carbocycles. The number of hydrogen-bond acceptors (Lipinski definition) is 5. The third-order valence-electron chi connectivity index (χ3n) is 2.75. The third-order valence-corrected chi connectivity index (χ3v) is 3.05. The molecule has 0 saturated carbocycles. The van der Waals surface area contributed by atoms with E-state index in [1.54, 1.807) is 25.4 Å². The van der Waals surface area contributed by atoms with Crippen molar-refractivity contribution in [2.75, 3.05) is 12.8 Å². The number of nitrogens with one attached hydrogen (secondary N) is 1. The second kappa shape index (κ2) is 4.40. The number of aromatic nitrogens is 4. The Labute approximate surface area is 113 Å². The minimum absolute atomic E-state index is 0.179. The predicted molar refractivity (Wildman–Crippen MR) is 73.1 cm³/mol. The van der Waals surface area contributed by atoms with E-state index >= 15 is 0 Å². The van der Waals surface area contributed by atoms with Gasteiger partial charge in [-0.25, -0.2) is 4.98 Å². The number of anilines is 1. The summed E-state index contributed by atoms with van der Waals surface area (Å²) in [5.41, 5.74) is 7.79. The zero-order chi connectivity index (χ0) is 13.4. The van der Waals surface area contributed by atoms with Gasteiger partial charge in [0.15, 0.2) is 5.65 Å². The van der Waals surface area contributed by atoms with E-state index in [-0.39, 0.29) is 5.95 Å². The van der Waals surface area contributed by atoms with Gasteiger partial charge in [0.25, 0.3) is 0 Å². The van der Waals surface area contributed by atoms with Crippen LogP contribution in [-0.4, -0.2) is 27.3 Å². The molecule has 0 aliphatic rings.